The van der Waals surface area contributed by atoms with Gasteiger partial charge < -0.3 is 15.0 Å². The Kier molecular flexibility index (Phi) is 3.68. The monoisotopic (exact) mass is 285 g/mol. The van der Waals surface area contributed by atoms with E-state index in [-0.39, 0.29) is 23.9 Å². The van der Waals surface area contributed by atoms with Crippen LogP contribution < -0.4 is 15.6 Å². The quantitative estimate of drug-likeness (QED) is 0.866. The van der Waals surface area contributed by atoms with E-state index in [1.54, 1.807) is 0 Å². The number of nitrogens with one attached hydrogen (secondary N) is 2. The topological polar surface area (TPSA) is 84.1 Å². The highest BCUT2D eigenvalue weighted by Gasteiger charge is 2.25. The SMILES string of the molecule is O=C(NCc1cc(=O)[nH]cn1)[C@@H]1COc2ccccc2C1. The first-order chi connectivity index (χ1) is 10.2. The smallest absolute Gasteiger partial charge is 0.250 e. The van der Waals surface area contributed by atoms with Crippen molar-refractivity contribution >= 4 is 5.91 Å². The summed E-state index contributed by atoms with van der Waals surface area (Å²) in [6, 6.07) is 9.09. The van der Waals surface area contributed by atoms with E-state index in [9.17, 15) is 9.59 Å². The highest BCUT2D eigenvalue weighted by Crippen LogP contribution is 2.26. The number of carbonyl (C=O) groups is 1. The van der Waals surface area contributed by atoms with Crippen molar-refractivity contribution in [3.8, 4) is 5.75 Å². The van der Waals surface area contributed by atoms with E-state index >= 15 is 0 Å². The van der Waals surface area contributed by atoms with Gasteiger partial charge in [0.15, 0.2) is 0 Å². The molecule has 0 saturated heterocycles. The Morgan fingerprint density at radius 1 is 1.43 bits per heavy atom. The largest absolute Gasteiger partial charge is 0.492 e. The standard InChI is InChI=1S/C15H15N3O3/c19-14-6-12(17-9-18-14)7-16-15(20)11-5-10-3-1-2-4-13(10)21-8-11/h1-4,6,9,11H,5,7-8H2,(H,16,20)(H,17,18,19)/t11-/m0/s1. The summed E-state index contributed by atoms with van der Waals surface area (Å²) < 4.78 is 5.60. The van der Waals surface area contributed by atoms with Crippen molar-refractivity contribution in [1.82, 2.24) is 15.3 Å². The minimum Gasteiger partial charge on any atom is -0.492 e. The molecule has 0 radical (unpaired) electrons. The minimum atomic E-state index is -0.232. The van der Waals surface area contributed by atoms with Crippen LogP contribution in [0.1, 0.15) is 11.3 Å². The molecule has 1 amide bonds. The Balaban J connectivity index is 1.61. The number of nitrogens with zero attached hydrogens (tertiary/aromatic N) is 1. The molecule has 0 aliphatic carbocycles. The molecule has 2 heterocycles. The Morgan fingerprint density at radius 3 is 3.14 bits per heavy atom. The Bertz CT molecular complexity index is 711. The first kappa shape index (κ1) is 13.4. The maximum absolute atomic E-state index is 12.2. The Morgan fingerprint density at radius 2 is 2.29 bits per heavy atom. The zero-order valence-corrected chi connectivity index (χ0v) is 11.3. The van der Waals surface area contributed by atoms with Crippen LogP contribution in [0.3, 0.4) is 0 Å². The summed E-state index contributed by atoms with van der Waals surface area (Å²) in [5.74, 6) is 0.534. The number of hydrogen-bond acceptors (Lipinski definition) is 4. The Labute approximate surface area is 121 Å². The number of hydrogen-bond donors (Lipinski definition) is 2. The second-order valence-corrected chi connectivity index (χ2v) is 4.94. The molecule has 1 aromatic heterocycles. The summed E-state index contributed by atoms with van der Waals surface area (Å²) in [6.45, 7) is 0.604. The molecule has 1 aliphatic rings. The molecular formula is C15H15N3O3. The molecule has 3 rings (SSSR count). The summed E-state index contributed by atoms with van der Waals surface area (Å²) >= 11 is 0. The second kappa shape index (κ2) is 5.78. The van der Waals surface area contributed by atoms with Gasteiger partial charge in [-0.1, -0.05) is 18.2 Å². The number of para-hydroxylation sites is 1. The molecule has 2 N–H and O–H groups in total. The lowest BCUT2D eigenvalue weighted by Crippen LogP contribution is -2.37. The van der Waals surface area contributed by atoms with Crippen LogP contribution >= 0.6 is 0 Å². The van der Waals surface area contributed by atoms with E-state index in [4.69, 9.17) is 4.74 Å². The van der Waals surface area contributed by atoms with Gasteiger partial charge in [0.25, 0.3) is 5.56 Å². The number of aromatic amines is 1. The molecule has 21 heavy (non-hydrogen) atoms. The normalized spacial score (nSPS) is 16.7. The van der Waals surface area contributed by atoms with Gasteiger partial charge in [-0.2, -0.15) is 0 Å². The van der Waals surface area contributed by atoms with Crippen LogP contribution in [0.25, 0.3) is 0 Å². The van der Waals surface area contributed by atoms with Crippen LogP contribution in [0.2, 0.25) is 0 Å². The van der Waals surface area contributed by atoms with Gasteiger partial charge in [-0.15, -0.1) is 0 Å². The van der Waals surface area contributed by atoms with Gasteiger partial charge in [0.1, 0.15) is 12.4 Å². The number of fused-ring (bicyclic) bond motifs is 1. The van der Waals surface area contributed by atoms with Gasteiger partial charge in [0, 0.05) is 6.07 Å². The lowest BCUT2D eigenvalue weighted by Gasteiger charge is -2.24. The molecule has 0 fully saturated rings. The lowest BCUT2D eigenvalue weighted by molar-refractivity contribution is -0.126. The van der Waals surface area contributed by atoms with Crippen molar-refractivity contribution in [2.75, 3.05) is 6.61 Å². The molecule has 0 bridgehead atoms. The van der Waals surface area contributed by atoms with Crippen molar-refractivity contribution in [3.05, 3.63) is 58.3 Å². The molecule has 2 aromatic rings. The number of amides is 1. The van der Waals surface area contributed by atoms with E-state index in [0.717, 1.165) is 11.3 Å². The summed E-state index contributed by atoms with van der Waals surface area (Å²) in [4.78, 5) is 29.7. The average Bonchev–Trinajstić information content (AvgIpc) is 2.52. The van der Waals surface area contributed by atoms with Crippen molar-refractivity contribution in [2.24, 2.45) is 5.92 Å². The molecular weight excluding hydrogens is 270 g/mol. The van der Waals surface area contributed by atoms with E-state index in [1.807, 2.05) is 24.3 Å². The van der Waals surface area contributed by atoms with E-state index in [2.05, 4.69) is 15.3 Å². The molecule has 6 nitrogen and oxygen atoms in total. The van der Waals surface area contributed by atoms with Crippen molar-refractivity contribution in [2.45, 2.75) is 13.0 Å². The van der Waals surface area contributed by atoms with Crippen LogP contribution in [-0.2, 0) is 17.8 Å². The number of rotatable bonds is 3. The highest BCUT2D eigenvalue weighted by molar-refractivity contribution is 5.79. The van der Waals surface area contributed by atoms with E-state index in [0.29, 0.717) is 18.7 Å². The predicted molar refractivity (Wildman–Crippen MR) is 75.8 cm³/mol. The molecule has 0 saturated carbocycles. The van der Waals surface area contributed by atoms with Crippen LogP contribution in [0.5, 0.6) is 5.75 Å². The maximum Gasteiger partial charge on any atom is 0.250 e. The molecule has 0 unspecified atom stereocenters. The molecule has 6 heteroatoms. The lowest BCUT2D eigenvalue weighted by atomic mass is 9.96. The Hall–Kier alpha value is -2.63. The number of carbonyl (C=O) groups excluding carboxylic acids is 1. The highest BCUT2D eigenvalue weighted by atomic mass is 16.5. The molecule has 1 atom stereocenters. The van der Waals surface area contributed by atoms with Crippen LogP contribution in [0, 0.1) is 5.92 Å². The fourth-order valence-electron chi connectivity index (χ4n) is 2.32. The van der Waals surface area contributed by atoms with Gasteiger partial charge >= 0.3 is 0 Å². The predicted octanol–water partition coefficient (Wildman–Crippen LogP) is 0.637. The number of H-pyrrole nitrogens is 1. The van der Waals surface area contributed by atoms with Gasteiger partial charge in [-0.25, -0.2) is 4.98 Å². The third kappa shape index (κ3) is 3.10. The average molecular weight is 285 g/mol. The van der Waals surface area contributed by atoms with Gasteiger partial charge in [-0.3, -0.25) is 9.59 Å². The zero-order chi connectivity index (χ0) is 14.7. The third-order valence-corrected chi connectivity index (χ3v) is 3.43. The summed E-state index contributed by atoms with van der Waals surface area (Å²) in [5, 5.41) is 2.79. The van der Waals surface area contributed by atoms with Gasteiger partial charge in [0.05, 0.1) is 24.5 Å². The molecule has 1 aliphatic heterocycles. The second-order valence-electron chi connectivity index (χ2n) is 4.94. The third-order valence-electron chi connectivity index (χ3n) is 3.43. The van der Waals surface area contributed by atoms with Gasteiger partial charge in [0.2, 0.25) is 5.91 Å². The molecule has 0 spiro atoms. The molecule has 1 aromatic carbocycles. The van der Waals surface area contributed by atoms with Crippen molar-refractivity contribution < 1.29 is 9.53 Å². The van der Waals surface area contributed by atoms with E-state index in [1.165, 1.54) is 12.4 Å². The summed E-state index contributed by atoms with van der Waals surface area (Å²) in [5.41, 5.74) is 1.34. The fourth-order valence-corrected chi connectivity index (χ4v) is 2.32. The summed E-state index contributed by atoms with van der Waals surface area (Å²) in [6.07, 6.45) is 1.98. The summed E-state index contributed by atoms with van der Waals surface area (Å²) in [7, 11) is 0. The number of aromatic nitrogens is 2. The number of benzene rings is 1. The van der Waals surface area contributed by atoms with Crippen LogP contribution in [-0.4, -0.2) is 22.5 Å². The number of ether oxygens (including phenoxy) is 1. The van der Waals surface area contributed by atoms with E-state index < -0.39 is 0 Å². The van der Waals surface area contributed by atoms with Crippen LogP contribution in [0.4, 0.5) is 0 Å². The fraction of sp³-hybridized carbons (Fsp3) is 0.267. The minimum absolute atomic E-state index is 0.0911. The van der Waals surface area contributed by atoms with Crippen LogP contribution in [0.15, 0.2) is 41.5 Å². The van der Waals surface area contributed by atoms with Crippen molar-refractivity contribution in [1.29, 1.82) is 0 Å². The molecule has 108 valence electrons. The first-order valence-electron chi connectivity index (χ1n) is 6.74. The first-order valence-corrected chi connectivity index (χ1v) is 6.74. The maximum atomic E-state index is 12.2. The zero-order valence-electron chi connectivity index (χ0n) is 11.3. The van der Waals surface area contributed by atoms with Gasteiger partial charge in [-0.05, 0) is 18.1 Å². The van der Waals surface area contributed by atoms with Crippen molar-refractivity contribution in [3.63, 3.8) is 0 Å².